The molecule has 0 saturated carbocycles. The third-order valence-corrected chi connectivity index (χ3v) is 7.22. The lowest BCUT2D eigenvalue weighted by Gasteiger charge is -2.14. The number of rotatable bonds is 22. The monoisotopic (exact) mass is 451 g/mol. The molecule has 3 nitrogen and oxygen atoms in total. The maximum Gasteiger partial charge on any atom is 0.0974 e. The standard InChI is InChI=1S/C29H57NO2/c1-3-4-5-6-16-19-22-26(2)23-20-17-14-12-10-8-7-9-11-13-15-18-21-24-28-29(31)27(30)25-32-28/h7,9,26-29,31H,3-6,8,10-25,30H2,1-2H3. The molecule has 0 aromatic rings. The third-order valence-electron chi connectivity index (χ3n) is 7.22. The molecule has 1 aliphatic heterocycles. The number of ether oxygens (including phenoxy) is 1. The van der Waals surface area contributed by atoms with Crippen molar-refractivity contribution in [3.8, 4) is 0 Å². The van der Waals surface area contributed by atoms with E-state index in [0.29, 0.717) is 6.61 Å². The minimum Gasteiger partial charge on any atom is -0.389 e. The van der Waals surface area contributed by atoms with Gasteiger partial charge in [0.25, 0.3) is 0 Å². The minimum atomic E-state index is -0.462. The van der Waals surface area contributed by atoms with E-state index in [4.69, 9.17) is 10.5 Å². The van der Waals surface area contributed by atoms with Gasteiger partial charge in [0.15, 0.2) is 0 Å². The molecule has 0 amide bonds. The van der Waals surface area contributed by atoms with Gasteiger partial charge in [0.2, 0.25) is 0 Å². The third kappa shape index (κ3) is 16.3. The Kier molecular flexibility index (Phi) is 19.6. The number of hydrogen-bond acceptors (Lipinski definition) is 3. The molecule has 1 rings (SSSR count). The molecule has 1 aliphatic rings. The van der Waals surface area contributed by atoms with Gasteiger partial charge in [0.05, 0.1) is 24.9 Å². The van der Waals surface area contributed by atoms with Crippen LogP contribution in [-0.4, -0.2) is 30.0 Å². The van der Waals surface area contributed by atoms with E-state index in [2.05, 4.69) is 26.0 Å². The SMILES string of the molecule is CCCCCCCCC(C)CCCCCCCC=CCCCCCCC1OCC(N)C1O. The van der Waals surface area contributed by atoms with Crippen molar-refractivity contribution in [2.75, 3.05) is 6.61 Å². The van der Waals surface area contributed by atoms with E-state index in [0.717, 1.165) is 18.8 Å². The van der Waals surface area contributed by atoms with Crippen molar-refractivity contribution in [3.63, 3.8) is 0 Å². The molecule has 4 atom stereocenters. The van der Waals surface area contributed by atoms with Gasteiger partial charge < -0.3 is 15.6 Å². The molecule has 3 heteroatoms. The number of hydrogen-bond donors (Lipinski definition) is 2. The second-order valence-electron chi connectivity index (χ2n) is 10.5. The van der Waals surface area contributed by atoms with Gasteiger partial charge in [-0.25, -0.2) is 0 Å². The van der Waals surface area contributed by atoms with E-state index in [9.17, 15) is 5.11 Å². The van der Waals surface area contributed by atoms with Crippen molar-refractivity contribution in [3.05, 3.63) is 12.2 Å². The summed E-state index contributed by atoms with van der Waals surface area (Å²) < 4.78 is 5.54. The quantitative estimate of drug-likeness (QED) is 0.129. The van der Waals surface area contributed by atoms with Gasteiger partial charge in [0.1, 0.15) is 0 Å². The van der Waals surface area contributed by atoms with Crippen LogP contribution in [0.5, 0.6) is 0 Å². The minimum absolute atomic E-state index is 0.0293. The van der Waals surface area contributed by atoms with Crippen LogP contribution in [0.3, 0.4) is 0 Å². The molecule has 4 unspecified atom stereocenters. The van der Waals surface area contributed by atoms with Crippen LogP contribution in [0, 0.1) is 5.92 Å². The van der Waals surface area contributed by atoms with E-state index in [1.54, 1.807) is 0 Å². The van der Waals surface area contributed by atoms with Crippen LogP contribution in [0.2, 0.25) is 0 Å². The average molecular weight is 452 g/mol. The smallest absolute Gasteiger partial charge is 0.0974 e. The number of unbranched alkanes of at least 4 members (excludes halogenated alkanes) is 14. The lowest BCUT2D eigenvalue weighted by Crippen LogP contribution is -2.36. The van der Waals surface area contributed by atoms with Crippen LogP contribution in [0.15, 0.2) is 12.2 Å². The molecule has 0 radical (unpaired) electrons. The van der Waals surface area contributed by atoms with Gasteiger partial charge in [0, 0.05) is 0 Å². The Morgan fingerprint density at radius 3 is 1.81 bits per heavy atom. The van der Waals surface area contributed by atoms with Crippen LogP contribution < -0.4 is 5.73 Å². The summed E-state index contributed by atoms with van der Waals surface area (Å²) in [5.41, 5.74) is 5.78. The highest BCUT2D eigenvalue weighted by atomic mass is 16.5. The lowest BCUT2D eigenvalue weighted by atomic mass is 9.96. The first-order chi connectivity index (χ1) is 15.6. The fourth-order valence-corrected chi connectivity index (χ4v) is 4.86. The van der Waals surface area contributed by atoms with Crippen molar-refractivity contribution in [1.82, 2.24) is 0 Å². The summed E-state index contributed by atoms with van der Waals surface area (Å²) in [7, 11) is 0. The first-order valence-electron chi connectivity index (χ1n) is 14.3. The van der Waals surface area contributed by atoms with Crippen LogP contribution in [0.1, 0.15) is 142 Å². The summed E-state index contributed by atoms with van der Waals surface area (Å²) in [6.07, 6.45) is 31.1. The van der Waals surface area contributed by atoms with Crippen LogP contribution in [-0.2, 0) is 4.74 Å². The van der Waals surface area contributed by atoms with E-state index in [-0.39, 0.29) is 12.1 Å². The molecule has 1 heterocycles. The highest BCUT2D eigenvalue weighted by Gasteiger charge is 2.32. The molecule has 0 aromatic heterocycles. The Bertz CT molecular complexity index is 425. The molecular formula is C29H57NO2. The van der Waals surface area contributed by atoms with Crippen LogP contribution in [0.4, 0.5) is 0 Å². The van der Waals surface area contributed by atoms with Crippen molar-refractivity contribution >= 4 is 0 Å². The summed E-state index contributed by atoms with van der Waals surface area (Å²) in [6, 6.07) is -0.187. The number of nitrogens with two attached hydrogens (primary N) is 1. The second-order valence-corrected chi connectivity index (χ2v) is 10.5. The zero-order valence-corrected chi connectivity index (χ0v) is 21.7. The van der Waals surface area contributed by atoms with Crippen molar-refractivity contribution in [2.45, 2.75) is 161 Å². The van der Waals surface area contributed by atoms with Crippen molar-refractivity contribution in [1.29, 1.82) is 0 Å². The largest absolute Gasteiger partial charge is 0.389 e. The fraction of sp³-hybridized carbons (Fsp3) is 0.931. The number of aliphatic hydroxyl groups is 1. The number of aliphatic hydroxyl groups excluding tert-OH is 1. The highest BCUT2D eigenvalue weighted by molar-refractivity contribution is 4.86. The summed E-state index contributed by atoms with van der Waals surface area (Å²) >= 11 is 0. The first-order valence-corrected chi connectivity index (χ1v) is 14.3. The molecule has 0 bridgehead atoms. The highest BCUT2D eigenvalue weighted by Crippen LogP contribution is 2.20. The molecule has 0 aromatic carbocycles. The topological polar surface area (TPSA) is 55.5 Å². The van der Waals surface area contributed by atoms with Crippen molar-refractivity contribution < 1.29 is 9.84 Å². The van der Waals surface area contributed by atoms with Crippen LogP contribution in [0.25, 0.3) is 0 Å². The molecular weight excluding hydrogens is 394 g/mol. The zero-order valence-electron chi connectivity index (χ0n) is 21.7. The second kappa shape index (κ2) is 21.2. The predicted molar refractivity (Wildman–Crippen MR) is 140 cm³/mol. The summed E-state index contributed by atoms with van der Waals surface area (Å²) in [6.45, 7) is 5.26. The first kappa shape index (κ1) is 29.7. The van der Waals surface area contributed by atoms with E-state index < -0.39 is 6.10 Å². The molecule has 32 heavy (non-hydrogen) atoms. The molecule has 0 aliphatic carbocycles. The maximum atomic E-state index is 9.88. The van der Waals surface area contributed by atoms with Gasteiger partial charge in [-0.05, 0) is 38.0 Å². The maximum absolute atomic E-state index is 9.88. The Labute approximate surface area is 201 Å². The molecule has 3 N–H and O–H groups in total. The normalized spacial score (nSPS) is 22.2. The lowest BCUT2D eigenvalue weighted by molar-refractivity contribution is 0.0342. The van der Waals surface area contributed by atoms with Crippen LogP contribution >= 0.6 is 0 Å². The number of allylic oxidation sites excluding steroid dienone is 2. The summed E-state index contributed by atoms with van der Waals surface area (Å²) in [5, 5.41) is 9.88. The van der Waals surface area contributed by atoms with Gasteiger partial charge in [-0.3, -0.25) is 0 Å². The van der Waals surface area contributed by atoms with Gasteiger partial charge >= 0.3 is 0 Å². The van der Waals surface area contributed by atoms with E-state index in [1.165, 1.54) is 116 Å². The van der Waals surface area contributed by atoms with Gasteiger partial charge in [-0.1, -0.05) is 122 Å². The molecule has 1 saturated heterocycles. The Balaban J connectivity index is 1.76. The predicted octanol–water partition coefficient (Wildman–Crippen LogP) is 8.09. The Hall–Kier alpha value is -0.380. The molecule has 0 spiro atoms. The molecule has 1 fully saturated rings. The molecule has 190 valence electrons. The van der Waals surface area contributed by atoms with E-state index >= 15 is 0 Å². The fourth-order valence-electron chi connectivity index (χ4n) is 4.86. The average Bonchev–Trinajstić information content (AvgIpc) is 3.11. The summed E-state index contributed by atoms with van der Waals surface area (Å²) in [5.74, 6) is 0.935. The Morgan fingerprint density at radius 1 is 0.781 bits per heavy atom. The Morgan fingerprint density at radius 2 is 1.28 bits per heavy atom. The van der Waals surface area contributed by atoms with Crippen molar-refractivity contribution in [2.24, 2.45) is 11.7 Å². The summed E-state index contributed by atoms with van der Waals surface area (Å²) in [4.78, 5) is 0. The van der Waals surface area contributed by atoms with Gasteiger partial charge in [-0.15, -0.1) is 0 Å². The van der Waals surface area contributed by atoms with Gasteiger partial charge in [-0.2, -0.15) is 0 Å². The zero-order chi connectivity index (χ0) is 23.3. The van der Waals surface area contributed by atoms with E-state index in [1.807, 2.05) is 0 Å².